The molecule has 2 rings (SSSR count). The number of hydrogen-bond acceptors (Lipinski definition) is 5. The lowest BCUT2D eigenvalue weighted by Crippen LogP contribution is -2.49. The molecule has 0 saturated carbocycles. The molecule has 1 N–H and O–H groups in total. The Morgan fingerprint density at radius 1 is 1.19 bits per heavy atom. The molecule has 26 heavy (non-hydrogen) atoms. The highest BCUT2D eigenvalue weighted by Gasteiger charge is 2.22. The second kappa shape index (κ2) is 11.9. The van der Waals surface area contributed by atoms with Crippen LogP contribution >= 0.6 is 0 Å². The maximum Gasteiger partial charge on any atom is 0.246 e. The first-order valence-electron chi connectivity index (χ1n) is 9.49. The van der Waals surface area contributed by atoms with E-state index in [4.69, 9.17) is 14.2 Å². The number of morpholine rings is 1. The van der Waals surface area contributed by atoms with Crippen molar-refractivity contribution in [3.63, 3.8) is 0 Å². The van der Waals surface area contributed by atoms with Crippen molar-refractivity contribution in [1.29, 1.82) is 0 Å². The van der Waals surface area contributed by atoms with Crippen LogP contribution in [0, 0.1) is 5.92 Å². The van der Waals surface area contributed by atoms with Crippen LogP contribution in [0.3, 0.4) is 0 Å². The summed E-state index contributed by atoms with van der Waals surface area (Å²) in [5, 5.41) is 3.01. The highest BCUT2D eigenvalue weighted by atomic mass is 16.5. The standard InChI is InChI=1S/C20H32N2O4/c1-17(2)14-18(22-8-10-24-11-9-22)15-21-20(23)16-25-12-13-26-19-6-4-3-5-7-19/h3-7,17-18H,8-16H2,1-2H3,(H,21,23). The molecule has 146 valence electrons. The van der Waals surface area contributed by atoms with E-state index >= 15 is 0 Å². The van der Waals surface area contributed by atoms with Crippen LogP contribution in [0.2, 0.25) is 0 Å². The smallest absolute Gasteiger partial charge is 0.246 e. The van der Waals surface area contributed by atoms with E-state index in [1.165, 1.54) is 0 Å². The van der Waals surface area contributed by atoms with Crippen LogP contribution in [0.25, 0.3) is 0 Å². The Kier molecular flexibility index (Phi) is 9.45. The average Bonchev–Trinajstić information content (AvgIpc) is 2.66. The topological polar surface area (TPSA) is 60.0 Å². The number of rotatable bonds is 11. The molecule has 0 aliphatic carbocycles. The summed E-state index contributed by atoms with van der Waals surface area (Å²) < 4.78 is 16.4. The minimum atomic E-state index is -0.0771. The van der Waals surface area contributed by atoms with Crippen LogP contribution in [0.1, 0.15) is 20.3 Å². The van der Waals surface area contributed by atoms with Gasteiger partial charge >= 0.3 is 0 Å². The third-order valence-corrected chi connectivity index (χ3v) is 4.31. The van der Waals surface area contributed by atoms with Crippen molar-refractivity contribution in [2.45, 2.75) is 26.3 Å². The van der Waals surface area contributed by atoms with Gasteiger partial charge in [-0.3, -0.25) is 9.69 Å². The number of carbonyl (C=O) groups excluding carboxylic acids is 1. The zero-order chi connectivity index (χ0) is 18.6. The van der Waals surface area contributed by atoms with Gasteiger partial charge in [0.1, 0.15) is 19.0 Å². The summed E-state index contributed by atoms with van der Waals surface area (Å²) in [6.07, 6.45) is 1.06. The Hall–Kier alpha value is -1.63. The molecule has 1 aromatic carbocycles. The molecule has 0 bridgehead atoms. The van der Waals surface area contributed by atoms with E-state index in [2.05, 4.69) is 24.1 Å². The molecular formula is C20H32N2O4. The number of carbonyl (C=O) groups is 1. The first-order chi connectivity index (χ1) is 12.6. The number of ether oxygens (including phenoxy) is 3. The fourth-order valence-electron chi connectivity index (χ4n) is 3.03. The Balaban J connectivity index is 1.60. The van der Waals surface area contributed by atoms with E-state index in [-0.39, 0.29) is 12.5 Å². The van der Waals surface area contributed by atoms with E-state index in [0.717, 1.165) is 38.5 Å². The van der Waals surface area contributed by atoms with Crippen molar-refractivity contribution in [3.05, 3.63) is 30.3 Å². The molecule has 0 aromatic heterocycles. The fraction of sp³-hybridized carbons (Fsp3) is 0.650. The highest BCUT2D eigenvalue weighted by Crippen LogP contribution is 2.13. The van der Waals surface area contributed by atoms with Crippen LogP contribution in [-0.4, -0.2) is 69.5 Å². The van der Waals surface area contributed by atoms with Crippen LogP contribution in [0.5, 0.6) is 5.75 Å². The number of para-hydroxylation sites is 1. The number of nitrogens with one attached hydrogen (secondary N) is 1. The molecule has 0 radical (unpaired) electrons. The molecule has 1 fully saturated rings. The lowest BCUT2D eigenvalue weighted by Gasteiger charge is -2.35. The Morgan fingerprint density at radius 3 is 2.62 bits per heavy atom. The van der Waals surface area contributed by atoms with Gasteiger partial charge in [-0.25, -0.2) is 0 Å². The molecule has 1 atom stereocenters. The minimum Gasteiger partial charge on any atom is -0.491 e. The lowest BCUT2D eigenvalue weighted by molar-refractivity contribution is -0.126. The first-order valence-corrected chi connectivity index (χ1v) is 9.49. The molecule has 1 saturated heterocycles. The summed E-state index contributed by atoms with van der Waals surface area (Å²) in [4.78, 5) is 14.4. The number of nitrogens with zero attached hydrogens (tertiary/aromatic N) is 1. The first kappa shape index (κ1) is 20.7. The highest BCUT2D eigenvalue weighted by molar-refractivity contribution is 5.77. The molecule has 1 heterocycles. The monoisotopic (exact) mass is 364 g/mol. The van der Waals surface area contributed by atoms with Gasteiger partial charge in [-0.2, -0.15) is 0 Å². The van der Waals surface area contributed by atoms with Crippen LogP contribution in [-0.2, 0) is 14.3 Å². The van der Waals surface area contributed by atoms with Gasteiger partial charge in [0.15, 0.2) is 0 Å². The van der Waals surface area contributed by atoms with E-state index in [1.807, 2.05) is 30.3 Å². The van der Waals surface area contributed by atoms with Crippen LogP contribution < -0.4 is 10.1 Å². The van der Waals surface area contributed by atoms with E-state index in [1.54, 1.807) is 0 Å². The summed E-state index contributed by atoms with van der Waals surface area (Å²) in [7, 11) is 0. The van der Waals surface area contributed by atoms with Crippen LogP contribution in [0.4, 0.5) is 0 Å². The molecule has 6 nitrogen and oxygen atoms in total. The molecular weight excluding hydrogens is 332 g/mol. The number of amides is 1. The van der Waals surface area contributed by atoms with Crippen molar-refractivity contribution in [2.75, 3.05) is 52.7 Å². The van der Waals surface area contributed by atoms with E-state index < -0.39 is 0 Å². The second-order valence-corrected chi connectivity index (χ2v) is 6.95. The van der Waals surface area contributed by atoms with Gasteiger partial charge < -0.3 is 19.5 Å². The molecule has 0 spiro atoms. The van der Waals surface area contributed by atoms with Gasteiger partial charge in [0.2, 0.25) is 5.91 Å². The predicted molar refractivity (Wildman–Crippen MR) is 101 cm³/mol. The Labute approximate surface area is 156 Å². The summed E-state index contributed by atoms with van der Waals surface area (Å²) in [6, 6.07) is 9.93. The zero-order valence-corrected chi connectivity index (χ0v) is 16.0. The zero-order valence-electron chi connectivity index (χ0n) is 16.0. The van der Waals surface area contributed by atoms with E-state index in [0.29, 0.717) is 31.7 Å². The van der Waals surface area contributed by atoms with Crippen molar-refractivity contribution in [2.24, 2.45) is 5.92 Å². The van der Waals surface area contributed by atoms with E-state index in [9.17, 15) is 4.79 Å². The average molecular weight is 364 g/mol. The summed E-state index contributed by atoms with van der Waals surface area (Å²) >= 11 is 0. The maximum atomic E-state index is 12.0. The number of benzene rings is 1. The summed E-state index contributed by atoms with van der Waals surface area (Å²) in [5.74, 6) is 1.32. The number of hydrogen-bond donors (Lipinski definition) is 1. The predicted octanol–water partition coefficient (Wildman–Crippen LogP) is 1.95. The molecule has 1 aliphatic heterocycles. The van der Waals surface area contributed by atoms with Gasteiger partial charge in [-0.15, -0.1) is 0 Å². The summed E-state index contributed by atoms with van der Waals surface area (Å²) in [5.41, 5.74) is 0. The molecule has 1 aromatic rings. The molecule has 1 aliphatic rings. The summed E-state index contributed by atoms with van der Waals surface area (Å²) in [6.45, 7) is 9.37. The second-order valence-electron chi connectivity index (χ2n) is 6.95. The molecule has 1 unspecified atom stereocenters. The minimum absolute atomic E-state index is 0.0651. The molecule has 1 amide bonds. The van der Waals surface area contributed by atoms with Crippen molar-refractivity contribution in [3.8, 4) is 5.75 Å². The van der Waals surface area contributed by atoms with Gasteiger partial charge in [-0.1, -0.05) is 32.0 Å². The normalized spacial score (nSPS) is 16.4. The van der Waals surface area contributed by atoms with Gasteiger partial charge in [0, 0.05) is 25.7 Å². The Bertz CT molecular complexity index is 504. The van der Waals surface area contributed by atoms with Gasteiger partial charge in [0.25, 0.3) is 0 Å². The Morgan fingerprint density at radius 2 is 1.92 bits per heavy atom. The molecule has 6 heteroatoms. The van der Waals surface area contributed by atoms with Gasteiger partial charge in [0.05, 0.1) is 19.8 Å². The fourth-order valence-corrected chi connectivity index (χ4v) is 3.03. The quantitative estimate of drug-likeness (QED) is 0.608. The maximum absolute atomic E-state index is 12.0. The SMILES string of the molecule is CC(C)CC(CNC(=O)COCCOc1ccccc1)N1CCOCC1. The van der Waals surface area contributed by atoms with Crippen molar-refractivity contribution >= 4 is 5.91 Å². The van der Waals surface area contributed by atoms with Crippen LogP contribution in [0.15, 0.2) is 30.3 Å². The lowest BCUT2D eigenvalue weighted by atomic mass is 10.0. The van der Waals surface area contributed by atoms with Crippen molar-refractivity contribution < 1.29 is 19.0 Å². The third-order valence-electron chi connectivity index (χ3n) is 4.31. The third kappa shape index (κ3) is 8.17. The van der Waals surface area contributed by atoms with Gasteiger partial charge in [-0.05, 0) is 24.5 Å². The largest absolute Gasteiger partial charge is 0.491 e. The van der Waals surface area contributed by atoms with Crippen molar-refractivity contribution in [1.82, 2.24) is 10.2 Å².